The van der Waals surface area contributed by atoms with Crippen molar-refractivity contribution in [1.29, 1.82) is 0 Å². The SMILES string of the molecule is COc1ccccc1NC(=O)COC(=O)Cn1c(C)nc2ccccc21. The van der Waals surface area contributed by atoms with Crippen molar-refractivity contribution in [2.75, 3.05) is 19.0 Å². The summed E-state index contributed by atoms with van der Waals surface area (Å²) in [6.45, 7) is 1.44. The summed E-state index contributed by atoms with van der Waals surface area (Å²) < 4.78 is 12.0. The number of hydrogen-bond donors (Lipinski definition) is 1. The maximum Gasteiger partial charge on any atom is 0.326 e. The van der Waals surface area contributed by atoms with E-state index in [1.165, 1.54) is 7.11 Å². The Kier molecular flexibility index (Phi) is 5.17. The molecule has 0 bridgehead atoms. The van der Waals surface area contributed by atoms with Gasteiger partial charge in [-0.3, -0.25) is 9.59 Å². The molecule has 1 amide bonds. The molecule has 0 saturated heterocycles. The molecule has 0 atom stereocenters. The second-order valence-corrected chi connectivity index (χ2v) is 5.64. The number of nitrogens with zero attached hydrogens (tertiary/aromatic N) is 2. The number of amides is 1. The summed E-state index contributed by atoms with van der Waals surface area (Å²) in [6, 6.07) is 14.5. The fourth-order valence-corrected chi connectivity index (χ4v) is 2.65. The van der Waals surface area contributed by atoms with Gasteiger partial charge in [0.25, 0.3) is 5.91 Å². The number of esters is 1. The van der Waals surface area contributed by atoms with Gasteiger partial charge in [-0.2, -0.15) is 0 Å². The highest BCUT2D eigenvalue weighted by Gasteiger charge is 2.14. The van der Waals surface area contributed by atoms with E-state index in [0.717, 1.165) is 11.0 Å². The fraction of sp³-hybridized carbons (Fsp3) is 0.211. The number of aryl methyl sites for hydroxylation is 1. The van der Waals surface area contributed by atoms with Gasteiger partial charge in [-0.25, -0.2) is 4.98 Å². The first-order chi connectivity index (χ1) is 12.6. The number of benzene rings is 2. The van der Waals surface area contributed by atoms with E-state index in [9.17, 15) is 9.59 Å². The standard InChI is InChI=1S/C19H19N3O4/c1-13-20-14-7-3-5-9-16(14)22(13)11-19(24)26-12-18(23)21-15-8-4-6-10-17(15)25-2/h3-10H,11-12H2,1-2H3,(H,21,23). The van der Waals surface area contributed by atoms with Gasteiger partial charge in [-0.15, -0.1) is 0 Å². The first-order valence-electron chi connectivity index (χ1n) is 8.09. The topological polar surface area (TPSA) is 82.5 Å². The quantitative estimate of drug-likeness (QED) is 0.689. The molecule has 134 valence electrons. The van der Waals surface area contributed by atoms with Crippen molar-refractivity contribution in [3.05, 3.63) is 54.4 Å². The highest BCUT2D eigenvalue weighted by atomic mass is 16.5. The average Bonchev–Trinajstić information content (AvgIpc) is 2.96. The molecule has 0 unspecified atom stereocenters. The zero-order valence-electron chi connectivity index (χ0n) is 14.6. The molecule has 0 aliphatic carbocycles. The maximum atomic E-state index is 12.1. The van der Waals surface area contributed by atoms with Crippen molar-refractivity contribution < 1.29 is 19.1 Å². The lowest BCUT2D eigenvalue weighted by atomic mass is 10.3. The van der Waals surface area contributed by atoms with Gasteiger partial charge in [0.2, 0.25) is 0 Å². The molecule has 0 spiro atoms. The Morgan fingerprint density at radius 2 is 1.85 bits per heavy atom. The van der Waals surface area contributed by atoms with E-state index >= 15 is 0 Å². The highest BCUT2D eigenvalue weighted by Crippen LogP contribution is 2.22. The van der Waals surface area contributed by atoms with E-state index in [-0.39, 0.29) is 13.2 Å². The van der Waals surface area contributed by atoms with Crippen LogP contribution in [0.25, 0.3) is 11.0 Å². The van der Waals surface area contributed by atoms with Crippen molar-refractivity contribution in [2.24, 2.45) is 0 Å². The Labute approximate surface area is 150 Å². The third kappa shape index (κ3) is 3.83. The molecule has 1 heterocycles. The minimum atomic E-state index is -0.508. The summed E-state index contributed by atoms with van der Waals surface area (Å²) >= 11 is 0. The Morgan fingerprint density at radius 1 is 1.12 bits per heavy atom. The van der Waals surface area contributed by atoms with E-state index in [0.29, 0.717) is 17.3 Å². The molecule has 1 N–H and O–H groups in total. The largest absolute Gasteiger partial charge is 0.495 e. The number of para-hydroxylation sites is 4. The molecule has 7 nitrogen and oxygen atoms in total. The van der Waals surface area contributed by atoms with Crippen LogP contribution in [0.5, 0.6) is 5.75 Å². The van der Waals surface area contributed by atoms with Gasteiger partial charge in [0, 0.05) is 0 Å². The van der Waals surface area contributed by atoms with Gasteiger partial charge in [-0.05, 0) is 31.2 Å². The number of carbonyl (C=O) groups excluding carboxylic acids is 2. The van der Waals surface area contributed by atoms with Crippen molar-refractivity contribution in [1.82, 2.24) is 9.55 Å². The first kappa shape index (κ1) is 17.5. The fourth-order valence-electron chi connectivity index (χ4n) is 2.65. The van der Waals surface area contributed by atoms with Crippen LogP contribution in [0, 0.1) is 6.92 Å². The summed E-state index contributed by atoms with van der Waals surface area (Å²) in [6.07, 6.45) is 0. The Bertz CT molecular complexity index is 949. The summed E-state index contributed by atoms with van der Waals surface area (Å²) in [5, 5.41) is 2.66. The smallest absolute Gasteiger partial charge is 0.326 e. The molecule has 1 aromatic heterocycles. The molecule has 3 aromatic rings. The van der Waals surface area contributed by atoms with Crippen LogP contribution in [-0.4, -0.2) is 35.1 Å². The monoisotopic (exact) mass is 353 g/mol. The van der Waals surface area contributed by atoms with Crippen molar-refractivity contribution in [3.63, 3.8) is 0 Å². The van der Waals surface area contributed by atoms with Crippen molar-refractivity contribution in [2.45, 2.75) is 13.5 Å². The highest BCUT2D eigenvalue weighted by molar-refractivity contribution is 5.94. The number of aromatic nitrogens is 2. The van der Waals surface area contributed by atoms with E-state index < -0.39 is 11.9 Å². The van der Waals surface area contributed by atoms with Gasteiger partial charge in [0.15, 0.2) is 6.61 Å². The molecule has 0 saturated carbocycles. The third-order valence-electron chi connectivity index (χ3n) is 3.88. The van der Waals surface area contributed by atoms with Crippen LogP contribution in [0.4, 0.5) is 5.69 Å². The number of methoxy groups -OCH3 is 1. The van der Waals surface area contributed by atoms with Crippen LogP contribution < -0.4 is 10.1 Å². The number of imidazole rings is 1. The summed E-state index contributed by atoms with van der Waals surface area (Å²) in [5.41, 5.74) is 2.18. The predicted octanol–water partition coefficient (Wildman–Crippen LogP) is 2.54. The minimum Gasteiger partial charge on any atom is -0.495 e. The third-order valence-corrected chi connectivity index (χ3v) is 3.88. The number of ether oxygens (including phenoxy) is 2. The molecule has 3 rings (SSSR count). The van der Waals surface area contributed by atoms with Gasteiger partial charge < -0.3 is 19.4 Å². The first-order valence-corrected chi connectivity index (χ1v) is 8.09. The van der Waals surface area contributed by atoms with E-state index in [1.807, 2.05) is 31.2 Å². The zero-order valence-corrected chi connectivity index (χ0v) is 14.6. The molecule has 0 fully saturated rings. The number of hydrogen-bond acceptors (Lipinski definition) is 5. The molecular weight excluding hydrogens is 334 g/mol. The van der Waals surface area contributed by atoms with Crippen LogP contribution in [0.1, 0.15) is 5.82 Å². The van der Waals surface area contributed by atoms with E-state index in [2.05, 4.69) is 10.3 Å². The van der Waals surface area contributed by atoms with Crippen LogP contribution in [0.15, 0.2) is 48.5 Å². The normalized spacial score (nSPS) is 10.5. The molecule has 0 radical (unpaired) electrons. The van der Waals surface area contributed by atoms with Gasteiger partial charge in [0.05, 0.1) is 23.8 Å². The van der Waals surface area contributed by atoms with Crippen LogP contribution in [-0.2, 0) is 20.9 Å². The Hall–Kier alpha value is -3.35. The lowest BCUT2D eigenvalue weighted by Crippen LogP contribution is -2.23. The van der Waals surface area contributed by atoms with Crippen molar-refractivity contribution in [3.8, 4) is 5.75 Å². The zero-order chi connectivity index (χ0) is 18.5. The maximum absolute atomic E-state index is 12.1. The Morgan fingerprint density at radius 3 is 2.65 bits per heavy atom. The summed E-state index contributed by atoms with van der Waals surface area (Å²) in [4.78, 5) is 28.5. The Balaban J connectivity index is 1.58. The second-order valence-electron chi connectivity index (χ2n) is 5.64. The van der Waals surface area contributed by atoms with Crippen LogP contribution >= 0.6 is 0 Å². The average molecular weight is 353 g/mol. The van der Waals surface area contributed by atoms with Gasteiger partial charge in [0.1, 0.15) is 18.1 Å². The molecule has 0 aliphatic heterocycles. The lowest BCUT2D eigenvalue weighted by Gasteiger charge is -2.10. The molecule has 7 heteroatoms. The second kappa shape index (κ2) is 7.69. The van der Waals surface area contributed by atoms with Gasteiger partial charge >= 0.3 is 5.97 Å². The van der Waals surface area contributed by atoms with Crippen molar-refractivity contribution >= 4 is 28.6 Å². The molecular formula is C19H19N3O4. The number of fused-ring (bicyclic) bond motifs is 1. The molecule has 0 aliphatic rings. The predicted molar refractivity (Wildman–Crippen MR) is 97.1 cm³/mol. The van der Waals surface area contributed by atoms with E-state index in [4.69, 9.17) is 9.47 Å². The summed E-state index contributed by atoms with van der Waals surface area (Å²) in [5.74, 6) is 0.302. The summed E-state index contributed by atoms with van der Waals surface area (Å²) in [7, 11) is 1.52. The minimum absolute atomic E-state index is 0.00567. The number of anilines is 1. The molecule has 26 heavy (non-hydrogen) atoms. The van der Waals surface area contributed by atoms with Crippen LogP contribution in [0.3, 0.4) is 0 Å². The lowest BCUT2D eigenvalue weighted by molar-refractivity contribution is -0.147. The number of rotatable bonds is 6. The number of carbonyl (C=O) groups is 2. The van der Waals surface area contributed by atoms with E-state index in [1.54, 1.807) is 28.8 Å². The number of nitrogens with one attached hydrogen (secondary N) is 1. The van der Waals surface area contributed by atoms with Gasteiger partial charge in [-0.1, -0.05) is 24.3 Å². The van der Waals surface area contributed by atoms with Crippen LogP contribution in [0.2, 0.25) is 0 Å². The molecule has 2 aromatic carbocycles.